The predicted molar refractivity (Wildman–Crippen MR) is 113 cm³/mol. The zero-order valence-electron chi connectivity index (χ0n) is 17.1. The summed E-state index contributed by atoms with van der Waals surface area (Å²) in [7, 11) is 1.93. The molecule has 2 aromatic carbocycles. The average molecular weight is 408 g/mol. The van der Waals surface area contributed by atoms with Crippen molar-refractivity contribution in [1.82, 2.24) is 15.1 Å². The van der Waals surface area contributed by atoms with Crippen LogP contribution >= 0.6 is 0 Å². The summed E-state index contributed by atoms with van der Waals surface area (Å²) in [6, 6.07) is 11.5. The number of carbonyl (C=O) groups excluding carboxylic acids is 1. The highest BCUT2D eigenvalue weighted by Crippen LogP contribution is 2.29. The first-order valence-corrected chi connectivity index (χ1v) is 10.1. The molecule has 2 amide bonds. The minimum Gasteiger partial charge on any atom is -0.489 e. The lowest BCUT2D eigenvalue weighted by Crippen LogP contribution is -2.34. The van der Waals surface area contributed by atoms with E-state index in [0.717, 1.165) is 36.0 Å². The van der Waals surface area contributed by atoms with Gasteiger partial charge in [-0.1, -0.05) is 12.1 Å². The van der Waals surface area contributed by atoms with Crippen LogP contribution in [0.1, 0.15) is 41.3 Å². The monoisotopic (exact) mass is 408 g/mol. The van der Waals surface area contributed by atoms with Crippen LogP contribution in [0.2, 0.25) is 0 Å². The Labute approximate surface area is 175 Å². The smallest absolute Gasteiger partial charge is 0.319 e. The van der Waals surface area contributed by atoms with Crippen LogP contribution in [-0.2, 0) is 20.1 Å². The standard InChI is InChI=1S/C23H25FN4O2/c1-15-11-18(30-14-16-5-3-6-17(24)12-16)9-10-20(15)26-23(29)27-21-7-4-8-22-19(21)13-25-28(22)2/h3,5-6,9-13,21H,4,7-8,14H2,1-2H3,(H2,26,27,29). The number of benzene rings is 2. The first-order chi connectivity index (χ1) is 14.5. The molecule has 0 bridgehead atoms. The molecule has 156 valence electrons. The van der Waals surface area contributed by atoms with Crippen LogP contribution in [0.4, 0.5) is 14.9 Å². The lowest BCUT2D eigenvalue weighted by atomic mass is 9.93. The summed E-state index contributed by atoms with van der Waals surface area (Å²) >= 11 is 0. The molecular formula is C23H25FN4O2. The molecule has 0 radical (unpaired) electrons. The molecule has 6 nitrogen and oxygen atoms in total. The Morgan fingerprint density at radius 2 is 2.17 bits per heavy atom. The van der Waals surface area contributed by atoms with E-state index in [1.54, 1.807) is 12.1 Å². The van der Waals surface area contributed by atoms with Gasteiger partial charge in [0.2, 0.25) is 0 Å². The van der Waals surface area contributed by atoms with E-state index < -0.39 is 0 Å². The number of aromatic nitrogens is 2. The Kier molecular flexibility index (Phi) is 5.70. The number of halogens is 1. The normalized spacial score (nSPS) is 15.4. The Morgan fingerprint density at radius 3 is 2.97 bits per heavy atom. The van der Waals surface area contributed by atoms with Crippen molar-refractivity contribution in [2.45, 2.75) is 38.8 Å². The van der Waals surface area contributed by atoms with E-state index in [4.69, 9.17) is 4.74 Å². The molecular weight excluding hydrogens is 383 g/mol. The molecule has 1 heterocycles. The number of urea groups is 1. The predicted octanol–water partition coefficient (Wildman–Crippen LogP) is 4.65. The van der Waals surface area contributed by atoms with Crippen molar-refractivity contribution in [1.29, 1.82) is 0 Å². The van der Waals surface area contributed by atoms with E-state index in [9.17, 15) is 9.18 Å². The van der Waals surface area contributed by atoms with Crippen LogP contribution in [0.3, 0.4) is 0 Å². The van der Waals surface area contributed by atoms with Gasteiger partial charge in [-0.05, 0) is 67.6 Å². The fraction of sp³-hybridized carbons (Fsp3) is 0.304. The summed E-state index contributed by atoms with van der Waals surface area (Å²) in [6.07, 6.45) is 4.75. The van der Waals surface area contributed by atoms with Gasteiger partial charge >= 0.3 is 6.03 Å². The SMILES string of the molecule is Cc1cc(OCc2cccc(F)c2)ccc1NC(=O)NC1CCCc2c1cnn2C. The van der Waals surface area contributed by atoms with Crippen molar-refractivity contribution in [2.24, 2.45) is 7.05 Å². The van der Waals surface area contributed by atoms with E-state index in [-0.39, 0.29) is 24.5 Å². The molecule has 4 rings (SSSR count). The second kappa shape index (κ2) is 8.57. The second-order valence-corrected chi connectivity index (χ2v) is 7.61. The molecule has 30 heavy (non-hydrogen) atoms. The highest BCUT2D eigenvalue weighted by Gasteiger charge is 2.24. The van der Waals surface area contributed by atoms with Gasteiger partial charge in [-0.25, -0.2) is 9.18 Å². The zero-order valence-corrected chi connectivity index (χ0v) is 17.1. The topological polar surface area (TPSA) is 68.2 Å². The van der Waals surface area contributed by atoms with Crippen LogP contribution in [-0.4, -0.2) is 15.8 Å². The Bertz CT molecular complexity index is 1060. The van der Waals surface area contributed by atoms with Crippen molar-refractivity contribution in [3.63, 3.8) is 0 Å². The van der Waals surface area contributed by atoms with Crippen LogP contribution < -0.4 is 15.4 Å². The van der Waals surface area contributed by atoms with Gasteiger partial charge < -0.3 is 15.4 Å². The first-order valence-electron chi connectivity index (χ1n) is 10.1. The molecule has 2 N–H and O–H groups in total. The minimum atomic E-state index is -0.283. The number of ether oxygens (including phenoxy) is 1. The third-order valence-corrected chi connectivity index (χ3v) is 5.42. The second-order valence-electron chi connectivity index (χ2n) is 7.61. The van der Waals surface area contributed by atoms with Gasteiger partial charge in [0.15, 0.2) is 0 Å². The maximum atomic E-state index is 13.3. The van der Waals surface area contributed by atoms with Gasteiger partial charge in [0.25, 0.3) is 0 Å². The number of nitrogens with one attached hydrogen (secondary N) is 2. The molecule has 0 fully saturated rings. The molecule has 0 saturated carbocycles. The minimum absolute atomic E-state index is 0.0309. The molecule has 3 aromatic rings. The summed E-state index contributed by atoms with van der Waals surface area (Å²) < 4.78 is 20.9. The van der Waals surface area contributed by atoms with Gasteiger partial charge in [-0.2, -0.15) is 5.10 Å². The van der Waals surface area contributed by atoms with E-state index >= 15 is 0 Å². The lowest BCUT2D eigenvalue weighted by Gasteiger charge is -2.24. The Balaban J connectivity index is 1.36. The maximum absolute atomic E-state index is 13.3. The van der Waals surface area contributed by atoms with Crippen molar-refractivity contribution >= 4 is 11.7 Å². The Hall–Kier alpha value is -3.35. The van der Waals surface area contributed by atoms with Gasteiger partial charge in [-0.3, -0.25) is 4.68 Å². The van der Waals surface area contributed by atoms with E-state index in [2.05, 4.69) is 15.7 Å². The number of amides is 2. The molecule has 1 aliphatic rings. The molecule has 1 aliphatic carbocycles. The molecule has 7 heteroatoms. The van der Waals surface area contributed by atoms with E-state index in [0.29, 0.717) is 11.4 Å². The number of carbonyl (C=O) groups is 1. The van der Waals surface area contributed by atoms with Gasteiger partial charge in [0.1, 0.15) is 18.2 Å². The number of hydrogen-bond acceptors (Lipinski definition) is 3. The zero-order chi connectivity index (χ0) is 21.1. The largest absolute Gasteiger partial charge is 0.489 e. The molecule has 1 unspecified atom stereocenters. The summed E-state index contributed by atoms with van der Waals surface area (Å²) in [4.78, 5) is 12.6. The fourth-order valence-corrected chi connectivity index (χ4v) is 3.83. The summed E-state index contributed by atoms with van der Waals surface area (Å²) in [5.41, 5.74) is 4.64. The maximum Gasteiger partial charge on any atom is 0.319 e. The lowest BCUT2D eigenvalue weighted by molar-refractivity contribution is 0.247. The number of fused-ring (bicyclic) bond motifs is 1. The van der Waals surface area contributed by atoms with Gasteiger partial charge in [-0.15, -0.1) is 0 Å². The Morgan fingerprint density at radius 1 is 1.30 bits per heavy atom. The van der Waals surface area contributed by atoms with Crippen molar-refractivity contribution in [3.05, 3.63) is 76.9 Å². The van der Waals surface area contributed by atoms with Crippen molar-refractivity contribution in [2.75, 3.05) is 5.32 Å². The summed E-state index contributed by atoms with van der Waals surface area (Å²) in [5, 5.41) is 10.3. The molecule has 1 atom stereocenters. The fourth-order valence-electron chi connectivity index (χ4n) is 3.83. The highest BCUT2D eigenvalue weighted by atomic mass is 19.1. The van der Waals surface area contributed by atoms with E-state index in [1.165, 1.54) is 17.8 Å². The van der Waals surface area contributed by atoms with Crippen molar-refractivity contribution < 1.29 is 13.9 Å². The third kappa shape index (κ3) is 4.45. The van der Waals surface area contributed by atoms with Crippen LogP contribution in [0.25, 0.3) is 0 Å². The van der Waals surface area contributed by atoms with E-state index in [1.807, 2.05) is 43.0 Å². The number of anilines is 1. The van der Waals surface area contributed by atoms with Crippen LogP contribution in [0.15, 0.2) is 48.7 Å². The number of rotatable bonds is 5. The quantitative estimate of drug-likeness (QED) is 0.646. The molecule has 1 aromatic heterocycles. The highest BCUT2D eigenvalue weighted by molar-refractivity contribution is 5.90. The summed E-state index contributed by atoms with van der Waals surface area (Å²) in [6.45, 7) is 2.18. The van der Waals surface area contributed by atoms with Crippen LogP contribution in [0.5, 0.6) is 5.75 Å². The van der Waals surface area contributed by atoms with Gasteiger partial charge in [0.05, 0.1) is 12.2 Å². The van der Waals surface area contributed by atoms with Gasteiger partial charge in [0, 0.05) is 24.0 Å². The number of nitrogens with zero attached hydrogens (tertiary/aromatic N) is 2. The average Bonchev–Trinajstić information content (AvgIpc) is 3.10. The molecule has 0 aliphatic heterocycles. The third-order valence-electron chi connectivity index (χ3n) is 5.42. The first kappa shape index (κ1) is 19.9. The summed E-state index contributed by atoms with van der Waals surface area (Å²) in [5.74, 6) is 0.379. The molecule has 0 saturated heterocycles. The van der Waals surface area contributed by atoms with Crippen molar-refractivity contribution in [3.8, 4) is 5.75 Å². The number of aryl methyl sites for hydroxylation is 2. The molecule has 0 spiro atoms. The van der Waals surface area contributed by atoms with Crippen LogP contribution in [0, 0.1) is 12.7 Å². The number of hydrogen-bond donors (Lipinski definition) is 2.